The summed E-state index contributed by atoms with van der Waals surface area (Å²) >= 11 is 0. The first-order valence-electron chi connectivity index (χ1n) is 11.0. The van der Waals surface area contributed by atoms with Crippen LogP contribution in [0.4, 0.5) is 20.7 Å². The van der Waals surface area contributed by atoms with Gasteiger partial charge in [-0.2, -0.15) is 0 Å². The van der Waals surface area contributed by atoms with E-state index < -0.39 is 5.82 Å². The molecule has 10 heteroatoms. The van der Waals surface area contributed by atoms with Crippen LogP contribution in [0.3, 0.4) is 0 Å². The van der Waals surface area contributed by atoms with Crippen LogP contribution in [0.5, 0.6) is 5.88 Å². The highest BCUT2D eigenvalue weighted by Crippen LogP contribution is 2.33. The van der Waals surface area contributed by atoms with Crippen molar-refractivity contribution in [3.05, 3.63) is 41.5 Å². The lowest BCUT2D eigenvalue weighted by Gasteiger charge is -2.47. The third-order valence-electron chi connectivity index (χ3n) is 5.67. The molecule has 1 aromatic heterocycles. The predicted octanol–water partition coefficient (Wildman–Crippen LogP) is 3.82. The zero-order valence-corrected chi connectivity index (χ0v) is 18.9. The maximum atomic E-state index is 14.3. The molecule has 2 saturated heterocycles. The number of aromatic nitrogens is 2. The number of anilines is 2. The third kappa shape index (κ3) is 5.05. The SMILES string of the molecule is Cc1ccc(Nc2ncnc(OC3CC4COCC(C3)N4C(=O)OC(C)C)c2C=N)c(F)c1. The van der Waals surface area contributed by atoms with Crippen LogP contribution in [0.1, 0.15) is 37.8 Å². The van der Waals surface area contributed by atoms with Gasteiger partial charge in [0.1, 0.15) is 24.1 Å². The average molecular weight is 458 g/mol. The number of morpholine rings is 1. The Labute approximate surface area is 191 Å². The molecular formula is C23H28FN5O4. The van der Waals surface area contributed by atoms with Crippen molar-refractivity contribution in [2.24, 2.45) is 0 Å². The molecule has 0 saturated carbocycles. The van der Waals surface area contributed by atoms with Gasteiger partial charge in [-0.05, 0) is 38.5 Å². The molecule has 2 atom stereocenters. The van der Waals surface area contributed by atoms with Gasteiger partial charge in [-0.1, -0.05) is 6.07 Å². The number of nitrogens with one attached hydrogen (secondary N) is 2. The number of carbonyl (C=O) groups excluding carboxylic acids is 1. The number of aryl methyl sites for hydroxylation is 1. The summed E-state index contributed by atoms with van der Waals surface area (Å²) in [6.45, 7) is 6.26. The van der Waals surface area contributed by atoms with E-state index in [0.717, 1.165) is 11.8 Å². The van der Waals surface area contributed by atoms with Crippen molar-refractivity contribution in [2.45, 2.75) is 57.9 Å². The maximum absolute atomic E-state index is 14.3. The molecule has 0 aliphatic carbocycles. The van der Waals surface area contributed by atoms with Crippen LogP contribution in [0.15, 0.2) is 24.5 Å². The summed E-state index contributed by atoms with van der Waals surface area (Å²) in [5.41, 5.74) is 1.37. The molecule has 2 unspecified atom stereocenters. The summed E-state index contributed by atoms with van der Waals surface area (Å²) in [4.78, 5) is 22.7. The molecule has 0 radical (unpaired) electrons. The van der Waals surface area contributed by atoms with Gasteiger partial charge >= 0.3 is 6.09 Å². The number of ether oxygens (including phenoxy) is 3. The Morgan fingerprint density at radius 3 is 2.67 bits per heavy atom. The molecule has 1 amide bonds. The molecule has 2 fully saturated rings. The number of hydrogen-bond donors (Lipinski definition) is 2. The zero-order chi connectivity index (χ0) is 23.5. The van der Waals surface area contributed by atoms with Crippen molar-refractivity contribution in [3.63, 3.8) is 0 Å². The number of fused-ring (bicyclic) bond motifs is 2. The number of piperidine rings is 1. The molecule has 33 heavy (non-hydrogen) atoms. The molecule has 2 aliphatic heterocycles. The normalized spacial score (nSPS) is 22.1. The summed E-state index contributed by atoms with van der Waals surface area (Å²) in [5.74, 6) is 0.0944. The van der Waals surface area contributed by atoms with Gasteiger partial charge < -0.3 is 24.9 Å². The first kappa shape index (κ1) is 22.9. The van der Waals surface area contributed by atoms with Crippen molar-refractivity contribution in [1.29, 1.82) is 5.41 Å². The van der Waals surface area contributed by atoms with Gasteiger partial charge in [-0.25, -0.2) is 19.2 Å². The summed E-state index contributed by atoms with van der Waals surface area (Å²) < 4.78 is 31.6. The Kier molecular flexibility index (Phi) is 6.73. The van der Waals surface area contributed by atoms with Gasteiger partial charge in [-0.3, -0.25) is 4.90 Å². The third-order valence-corrected chi connectivity index (χ3v) is 5.67. The van der Waals surface area contributed by atoms with E-state index in [0.29, 0.717) is 31.6 Å². The summed E-state index contributed by atoms with van der Waals surface area (Å²) in [6.07, 6.45) is 2.72. The fraction of sp³-hybridized carbons (Fsp3) is 0.478. The molecule has 2 aliphatic rings. The Morgan fingerprint density at radius 2 is 2.03 bits per heavy atom. The van der Waals surface area contributed by atoms with Gasteiger partial charge in [0.25, 0.3) is 0 Å². The molecule has 176 valence electrons. The lowest BCUT2D eigenvalue weighted by atomic mass is 9.92. The van der Waals surface area contributed by atoms with E-state index in [4.69, 9.17) is 19.6 Å². The largest absolute Gasteiger partial charge is 0.474 e. The fourth-order valence-electron chi connectivity index (χ4n) is 4.23. The van der Waals surface area contributed by atoms with E-state index in [1.54, 1.807) is 24.0 Å². The quantitative estimate of drug-likeness (QED) is 0.635. The Hall–Kier alpha value is -3.27. The minimum Gasteiger partial charge on any atom is -0.474 e. The van der Waals surface area contributed by atoms with Gasteiger partial charge in [0.05, 0.1) is 42.7 Å². The van der Waals surface area contributed by atoms with E-state index in [-0.39, 0.29) is 47.8 Å². The van der Waals surface area contributed by atoms with E-state index in [1.165, 1.54) is 12.4 Å². The fourth-order valence-corrected chi connectivity index (χ4v) is 4.23. The summed E-state index contributed by atoms with van der Waals surface area (Å²) in [5, 5.41) is 10.8. The van der Waals surface area contributed by atoms with Crippen LogP contribution in [-0.4, -0.2) is 64.7 Å². The van der Waals surface area contributed by atoms with E-state index in [9.17, 15) is 9.18 Å². The first-order chi connectivity index (χ1) is 15.9. The van der Waals surface area contributed by atoms with E-state index >= 15 is 0 Å². The van der Waals surface area contributed by atoms with Crippen LogP contribution < -0.4 is 10.1 Å². The van der Waals surface area contributed by atoms with Crippen molar-refractivity contribution in [1.82, 2.24) is 14.9 Å². The minimum atomic E-state index is -0.416. The molecular weight excluding hydrogens is 429 g/mol. The molecule has 2 N–H and O–H groups in total. The zero-order valence-electron chi connectivity index (χ0n) is 18.9. The van der Waals surface area contributed by atoms with E-state index in [2.05, 4.69) is 15.3 Å². The maximum Gasteiger partial charge on any atom is 0.410 e. The molecule has 1 aromatic carbocycles. The Bertz CT molecular complexity index is 1020. The van der Waals surface area contributed by atoms with Crippen molar-refractivity contribution in [3.8, 4) is 5.88 Å². The second-order valence-electron chi connectivity index (χ2n) is 8.59. The van der Waals surface area contributed by atoms with Crippen LogP contribution in [0.2, 0.25) is 0 Å². The van der Waals surface area contributed by atoms with Crippen LogP contribution in [0.25, 0.3) is 0 Å². The number of rotatable bonds is 6. The molecule has 9 nitrogen and oxygen atoms in total. The highest BCUT2D eigenvalue weighted by atomic mass is 19.1. The van der Waals surface area contributed by atoms with E-state index in [1.807, 2.05) is 13.8 Å². The second-order valence-corrected chi connectivity index (χ2v) is 8.59. The first-order valence-corrected chi connectivity index (χ1v) is 11.0. The molecule has 4 rings (SSSR count). The predicted molar refractivity (Wildman–Crippen MR) is 120 cm³/mol. The van der Waals surface area contributed by atoms with Gasteiger partial charge in [0, 0.05) is 19.1 Å². The number of hydrogen-bond acceptors (Lipinski definition) is 8. The smallest absolute Gasteiger partial charge is 0.410 e. The Morgan fingerprint density at radius 1 is 1.30 bits per heavy atom. The monoisotopic (exact) mass is 457 g/mol. The molecule has 2 bridgehead atoms. The lowest BCUT2D eigenvalue weighted by molar-refractivity contribution is -0.0933. The van der Waals surface area contributed by atoms with Gasteiger partial charge in [-0.15, -0.1) is 0 Å². The highest BCUT2D eigenvalue weighted by molar-refractivity contribution is 5.88. The number of nitrogens with zero attached hydrogens (tertiary/aromatic N) is 3. The van der Waals surface area contributed by atoms with Gasteiger partial charge in [0.2, 0.25) is 5.88 Å². The van der Waals surface area contributed by atoms with Crippen LogP contribution in [0, 0.1) is 18.2 Å². The highest BCUT2D eigenvalue weighted by Gasteiger charge is 2.43. The molecule has 3 heterocycles. The second kappa shape index (κ2) is 9.70. The summed E-state index contributed by atoms with van der Waals surface area (Å²) in [7, 11) is 0. The van der Waals surface area contributed by atoms with Gasteiger partial charge in [0.15, 0.2) is 0 Å². The van der Waals surface area contributed by atoms with Crippen molar-refractivity contribution >= 4 is 23.8 Å². The van der Waals surface area contributed by atoms with Crippen molar-refractivity contribution < 1.29 is 23.4 Å². The number of halogens is 1. The molecule has 2 aromatic rings. The minimum absolute atomic E-state index is 0.168. The van der Waals surface area contributed by atoms with Crippen molar-refractivity contribution in [2.75, 3.05) is 18.5 Å². The van der Waals surface area contributed by atoms with Crippen LogP contribution >= 0.6 is 0 Å². The topological polar surface area (TPSA) is 110 Å². The lowest BCUT2D eigenvalue weighted by Crippen LogP contribution is -2.61. The number of benzene rings is 1. The van der Waals surface area contributed by atoms with Crippen LogP contribution in [-0.2, 0) is 9.47 Å². The average Bonchev–Trinajstić information content (AvgIpc) is 2.75. The standard InChI is InChI=1S/C23H28FN5O4/c1-13(2)32-23(30)29-15-7-17(8-16(29)11-31-10-15)33-22-18(9-25)21(26-12-27-22)28-20-5-4-14(3)6-19(20)24/h4-6,9,12-13,15-17,25H,7-8,10-11H2,1-3H3,(H,26,27,28). The number of amides is 1. The summed E-state index contributed by atoms with van der Waals surface area (Å²) in [6, 6.07) is 4.49. The Balaban J connectivity index is 1.51. The molecule has 0 spiro atoms. The number of carbonyl (C=O) groups is 1.